The predicted octanol–water partition coefficient (Wildman–Crippen LogP) is 3.28. The van der Waals surface area contributed by atoms with Crippen LogP contribution in [0.25, 0.3) is 0 Å². The lowest BCUT2D eigenvalue weighted by atomic mass is 9.87. The summed E-state index contributed by atoms with van der Waals surface area (Å²) in [7, 11) is 0. The Balaban J connectivity index is 1.60. The van der Waals surface area contributed by atoms with Gasteiger partial charge in [-0.15, -0.1) is 0 Å². The van der Waals surface area contributed by atoms with Gasteiger partial charge in [0.2, 0.25) is 5.91 Å². The Morgan fingerprint density at radius 3 is 2.34 bits per heavy atom. The molecule has 0 spiro atoms. The molecule has 6 heteroatoms. The minimum Gasteiger partial charge on any atom is -0.378 e. The van der Waals surface area contributed by atoms with Crippen molar-refractivity contribution in [2.24, 2.45) is 5.92 Å². The van der Waals surface area contributed by atoms with Crippen LogP contribution in [0.15, 0.2) is 54.6 Å². The Labute approximate surface area is 170 Å². The van der Waals surface area contributed by atoms with Crippen LogP contribution in [0.4, 0.5) is 4.39 Å². The number of halogens is 1. The van der Waals surface area contributed by atoms with Crippen molar-refractivity contribution >= 4 is 11.8 Å². The van der Waals surface area contributed by atoms with Crippen LogP contribution in [0.1, 0.15) is 34.8 Å². The highest BCUT2D eigenvalue weighted by Crippen LogP contribution is 2.35. The quantitative estimate of drug-likeness (QED) is 0.800. The zero-order valence-electron chi connectivity index (χ0n) is 16.3. The fourth-order valence-electron chi connectivity index (χ4n) is 4.25. The van der Waals surface area contributed by atoms with E-state index < -0.39 is 5.82 Å². The molecule has 152 valence electrons. The Morgan fingerprint density at radius 1 is 0.931 bits per heavy atom. The van der Waals surface area contributed by atoms with E-state index in [4.69, 9.17) is 4.74 Å². The molecule has 0 aromatic heterocycles. The van der Waals surface area contributed by atoms with Gasteiger partial charge in [0.05, 0.1) is 30.7 Å². The summed E-state index contributed by atoms with van der Waals surface area (Å²) < 4.78 is 19.7. The summed E-state index contributed by atoms with van der Waals surface area (Å²) in [5.74, 6) is -1.11. The van der Waals surface area contributed by atoms with E-state index in [1.54, 1.807) is 17.0 Å². The zero-order valence-corrected chi connectivity index (χ0v) is 16.3. The first kappa shape index (κ1) is 19.6. The second-order valence-corrected chi connectivity index (χ2v) is 7.58. The molecule has 5 nitrogen and oxygen atoms in total. The van der Waals surface area contributed by atoms with Gasteiger partial charge in [0, 0.05) is 19.6 Å². The van der Waals surface area contributed by atoms with Gasteiger partial charge in [-0.25, -0.2) is 4.39 Å². The summed E-state index contributed by atoms with van der Waals surface area (Å²) >= 11 is 0. The molecule has 2 heterocycles. The number of ether oxygens (including phenoxy) is 1. The first-order chi connectivity index (χ1) is 14.1. The van der Waals surface area contributed by atoms with Crippen molar-refractivity contribution in [3.63, 3.8) is 0 Å². The van der Waals surface area contributed by atoms with Gasteiger partial charge in [0.25, 0.3) is 5.91 Å². The summed E-state index contributed by atoms with van der Waals surface area (Å²) in [4.78, 5) is 29.8. The van der Waals surface area contributed by atoms with Crippen molar-refractivity contribution in [2.45, 2.75) is 18.9 Å². The molecule has 0 N–H and O–H groups in total. The van der Waals surface area contributed by atoms with Crippen LogP contribution in [0.5, 0.6) is 0 Å². The van der Waals surface area contributed by atoms with E-state index in [1.807, 2.05) is 35.2 Å². The average molecular weight is 396 g/mol. The van der Waals surface area contributed by atoms with Crippen molar-refractivity contribution in [3.05, 3.63) is 71.5 Å². The molecule has 0 aliphatic carbocycles. The van der Waals surface area contributed by atoms with Crippen molar-refractivity contribution in [3.8, 4) is 0 Å². The number of likely N-dealkylation sites (tertiary alicyclic amines) is 1. The molecule has 2 aliphatic rings. The molecule has 2 unspecified atom stereocenters. The highest BCUT2D eigenvalue weighted by atomic mass is 19.1. The molecular formula is C23H25FN2O3. The average Bonchev–Trinajstić information content (AvgIpc) is 2.79. The van der Waals surface area contributed by atoms with Crippen LogP contribution >= 0.6 is 0 Å². The Bertz CT molecular complexity index is 867. The maximum Gasteiger partial charge on any atom is 0.257 e. The van der Waals surface area contributed by atoms with Gasteiger partial charge >= 0.3 is 0 Å². The Morgan fingerprint density at radius 2 is 1.62 bits per heavy atom. The Kier molecular flexibility index (Phi) is 5.90. The van der Waals surface area contributed by atoms with Crippen LogP contribution in [0.2, 0.25) is 0 Å². The lowest BCUT2D eigenvalue weighted by Crippen LogP contribution is -2.50. The summed E-state index contributed by atoms with van der Waals surface area (Å²) in [5, 5.41) is 0. The van der Waals surface area contributed by atoms with Crippen LogP contribution in [0.3, 0.4) is 0 Å². The molecule has 2 aliphatic heterocycles. The largest absolute Gasteiger partial charge is 0.378 e. The standard InChI is InChI=1S/C23H25FN2O3/c24-20-9-5-4-8-19(20)23(28)26-16-18(22(27)25-12-14-29-15-13-25)10-11-21(26)17-6-2-1-3-7-17/h1-9,18,21H,10-16H2. The molecule has 2 aromatic carbocycles. The summed E-state index contributed by atoms with van der Waals surface area (Å²) in [5.41, 5.74) is 1.06. The van der Waals surface area contributed by atoms with Crippen LogP contribution in [0, 0.1) is 11.7 Å². The summed E-state index contributed by atoms with van der Waals surface area (Å²) in [6.07, 6.45) is 1.38. The third-order valence-corrected chi connectivity index (χ3v) is 5.80. The molecule has 0 bridgehead atoms. The van der Waals surface area contributed by atoms with Crippen molar-refractivity contribution in [2.75, 3.05) is 32.8 Å². The number of carbonyl (C=O) groups is 2. The highest BCUT2D eigenvalue weighted by molar-refractivity contribution is 5.95. The SMILES string of the molecule is O=C(C1CCC(c2ccccc2)N(C(=O)c2ccccc2F)C1)N1CCOCC1. The molecule has 4 rings (SSSR count). The van der Waals surface area contributed by atoms with E-state index >= 15 is 0 Å². The molecule has 29 heavy (non-hydrogen) atoms. The van der Waals surface area contributed by atoms with Crippen LogP contribution in [-0.2, 0) is 9.53 Å². The first-order valence-electron chi connectivity index (χ1n) is 10.1. The molecule has 0 radical (unpaired) electrons. The minimum atomic E-state index is -0.536. The molecule has 2 atom stereocenters. The monoisotopic (exact) mass is 396 g/mol. The number of hydrogen-bond donors (Lipinski definition) is 0. The second kappa shape index (κ2) is 8.74. The number of carbonyl (C=O) groups excluding carboxylic acids is 2. The number of piperidine rings is 1. The number of amides is 2. The Hall–Kier alpha value is -2.73. The van der Waals surface area contributed by atoms with Crippen molar-refractivity contribution in [1.29, 1.82) is 0 Å². The maximum atomic E-state index is 14.3. The van der Waals surface area contributed by atoms with Gasteiger partial charge in [0.1, 0.15) is 5.82 Å². The minimum absolute atomic E-state index is 0.0490. The zero-order chi connectivity index (χ0) is 20.2. The lowest BCUT2D eigenvalue weighted by molar-refractivity contribution is -0.141. The van der Waals surface area contributed by atoms with E-state index in [1.165, 1.54) is 12.1 Å². The fourth-order valence-corrected chi connectivity index (χ4v) is 4.25. The molecule has 2 aromatic rings. The van der Waals surface area contributed by atoms with Crippen molar-refractivity contribution in [1.82, 2.24) is 9.80 Å². The maximum absolute atomic E-state index is 14.3. The molecule has 0 saturated carbocycles. The smallest absolute Gasteiger partial charge is 0.257 e. The third kappa shape index (κ3) is 4.17. The van der Waals surface area contributed by atoms with Gasteiger partial charge in [0.15, 0.2) is 0 Å². The third-order valence-electron chi connectivity index (χ3n) is 5.80. The molecule has 2 amide bonds. The van der Waals surface area contributed by atoms with E-state index in [0.29, 0.717) is 45.7 Å². The number of benzene rings is 2. The number of morpholine rings is 1. The van der Waals surface area contributed by atoms with Gasteiger partial charge in [-0.2, -0.15) is 0 Å². The van der Waals surface area contributed by atoms with Crippen LogP contribution in [-0.4, -0.2) is 54.5 Å². The number of hydrogen-bond acceptors (Lipinski definition) is 3. The van der Waals surface area contributed by atoms with Gasteiger partial charge in [-0.3, -0.25) is 9.59 Å². The van der Waals surface area contributed by atoms with Gasteiger partial charge in [-0.05, 0) is 30.5 Å². The summed E-state index contributed by atoms with van der Waals surface area (Å²) in [6.45, 7) is 2.55. The fraction of sp³-hybridized carbons (Fsp3) is 0.391. The molecule has 2 fully saturated rings. The van der Waals surface area contributed by atoms with E-state index in [9.17, 15) is 14.0 Å². The number of rotatable bonds is 3. The van der Waals surface area contributed by atoms with E-state index in [2.05, 4.69) is 0 Å². The van der Waals surface area contributed by atoms with E-state index in [0.717, 1.165) is 5.56 Å². The van der Waals surface area contributed by atoms with E-state index in [-0.39, 0.29) is 29.3 Å². The highest BCUT2D eigenvalue weighted by Gasteiger charge is 2.38. The first-order valence-corrected chi connectivity index (χ1v) is 10.1. The number of nitrogens with zero attached hydrogens (tertiary/aromatic N) is 2. The normalized spacial score (nSPS) is 22.4. The van der Waals surface area contributed by atoms with Crippen molar-refractivity contribution < 1.29 is 18.7 Å². The van der Waals surface area contributed by atoms with Crippen LogP contribution < -0.4 is 0 Å². The summed E-state index contributed by atoms with van der Waals surface area (Å²) in [6, 6.07) is 15.6. The lowest BCUT2D eigenvalue weighted by Gasteiger charge is -2.41. The van der Waals surface area contributed by atoms with Gasteiger partial charge in [-0.1, -0.05) is 42.5 Å². The second-order valence-electron chi connectivity index (χ2n) is 7.58. The predicted molar refractivity (Wildman–Crippen MR) is 107 cm³/mol. The molecule has 2 saturated heterocycles. The topological polar surface area (TPSA) is 49.9 Å². The van der Waals surface area contributed by atoms with Gasteiger partial charge < -0.3 is 14.5 Å². The molecular weight excluding hydrogens is 371 g/mol.